The van der Waals surface area contributed by atoms with Crippen LogP contribution in [0, 0.1) is 22.6 Å². The summed E-state index contributed by atoms with van der Waals surface area (Å²) in [5, 5.41) is 13.7. The van der Waals surface area contributed by atoms with Gasteiger partial charge < -0.3 is 10.4 Å². The summed E-state index contributed by atoms with van der Waals surface area (Å²) >= 11 is 0. The SMILES string of the molecule is CC(NC1C2(C)CCC(C2)C1(C)C)c1cc(F)ccc1O. The number of aromatic hydroxyl groups is 1. The van der Waals surface area contributed by atoms with Crippen LogP contribution in [0.5, 0.6) is 5.75 Å². The van der Waals surface area contributed by atoms with E-state index in [1.165, 1.54) is 37.5 Å². The molecular weight excluding hydrogens is 265 g/mol. The molecule has 0 amide bonds. The highest BCUT2D eigenvalue weighted by atomic mass is 19.1. The first-order valence-corrected chi connectivity index (χ1v) is 7.98. The number of benzene rings is 1. The van der Waals surface area contributed by atoms with Crippen molar-refractivity contribution in [1.29, 1.82) is 0 Å². The molecule has 2 saturated carbocycles. The van der Waals surface area contributed by atoms with Crippen molar-refractivity contribution in [3.63, 3.8) is 0 Å². The Morgan fingerprint density at radius 3 is 2.67 bits per heavy atom. The maximum absolute atomic E-state index is 13.5. The van der Waals surface area contributed by atoms with Crippen molar-refractivity contribution in [2.75, 3.05) is 0 Å². The zero-order chi connectivity index (χ0) is 15.4. The van der Waals surface area contributed by atoms with Gasteiger partial charge in [0.15, 0.2) is 0 Å². The smallest absolute Gasteiger partial charge is 0.123 e. The third-order valence-corrected chi connectivity index (χ3v) is 6.14. The van der Waals surface area contributed by atoms with Crippen molar-refractivity contribution in [2.24, 2.45) is 16.7 Å². The quantitative estimate of drug-likeness (QED) is 0.865. The highest BCUT2D eigenvalue weighted by Crippen LogP contribution is 2.62. The Bertz CT molecular complexity index is 551. The average Bonchev–Trinajstić information content (AvgIpc) is 2.88. The van der Waals surface area contributed by atoms with Crippen LogP contribution in [0.4, 0.5) is 4.39 Å². The summed E-state index contributed by atoms with van der Waals surface area (Å²) in [5.41, 5.74) is 1.23. The van der Waals surface area contributed by atoms with E-state index in [0.717, 1.165) is 5.92 Å². The van der Waals surface area contributed by atoms with Gasteiger partial charge >= 0.3 is 0 Å². The van der Waals surface area contributed by atoms with Gasteiger partial charge in [0.2, 0.25) is 0 Å². The fourth-order valence-corrected chi connectivity index (χ4v) is 4.93. The van der Waals surface area contributed by atoms with Crippen molar-refractivity contribution < 1.29 is 9.50 Å². The number of halogens is 1. The third kappa shape index (κ3) is 2.26. The molecule has 2 bridgehead atoms. The number of hydrogen-bond donors (Lipinski definition) is 2. The Labute approximate surface area is 126 Å². The molecule has 4 atom stereocenters. The van der Waals surface area contributed by atoms with Crippen LogP contribution in [0.25, 0.3) is 0 Å². The first-order valence-electron chi connectivity index (χ1n) is 7.98. The predicted octanol–water partition coefficient (Wildman–Crippen LogP) is 4.40. The zero-order valence-electron chi connectivity index (χ0n) is 13.4. The summed E-state index contributed by atoms with van der Waals surface area (Å²) < 4.78 is 13.5. The van der Waals surface area contributed by atoms with Crippen molar-refractivity contribution in [2.45, 2.75) is 59.0 Å². The van der Waals surface area contributed by atoms with Crippen LogP contribution in [0.3, 0.4) is 0 Å². The van der Waals surface area contributed by atoms with Gasteiger partial charge in [-0.25, -0.2) is 4.39 Å². The number of fused-ring (bicyclic) bond motifs is 2. The van der Waals surface area contributed by atoms with Crippen LogP contribution >= 0.6 is 0 Å². The zero-order valence-corrected chi connectivity index (χ0v) is 13.4. The number of phenols is 1. The van der Waals surface area contributed by atoms with Crippen molar-refractivity contribution in [3.8, 4) is 5.75 Å². The summed E-state index contributed by atoms with van der Waals surface area (Å²) in [6.45, 7) is 9.08. The maximum atomic E-state index is 13.5. The molecular formula is C18H26FNO. The normalized spacial score (nSPS) is 35.1. The summed E-state index contributed by atoms with van der Waals surface area (Å²) in [6, 6.07) is 4.53. The minimum absolute atomic E-state index is 0.0545. The molecule has 2 aliphatic rings. The standard InChI is InChI=1S/C18H26FNO/c1-11(14-9-13(19)5-6-15(14)21)20-16-17(2,3)12-7-8-18(16,4)10-12/h5-6,9,11-12,16,20-21H,7-8,10H2,1-4H3. The number of nitrogens with one attached hydrogen (secondary N) is 1. The van der Waals surface area contributed by atoms with Gasteiger partial charge in [0.05, 0.1) is 0 Å². The molecule has 2 N–H and O–H groups in total. The van der Waals surface area contributed by atoms with E-state index in [4.69, 9.17) is 0 Å². The second-order valence-corrected chi connectivity index (χ2v) is 7.94. The molecule has 0 radical (unpaired) electrons. The van der Waals surface area contributed by atoms with Gasteiger partial charge in [-0.3, -0.25) is 0 Å². The molecule has 116 valence electrons. The molecule has 2 aliphatic carbocycles. The van der Waals surface area contributed by atoms with Crippen LogP contribution in [-0.4, -0.2) is 11.1 Å². The summed E-state index contributed by atoms with van der Waals surface area (Å²) in [4.78, 5) is 0. The monoisotopic (exact) mass is 291 g/mol. The van der Waals surface area contributed by atoms with E-state index in [1.54, 1.807) is 0 Å². The molecule has 0 spiro atoms. The van der Waals surface area contributed by atoms with Gasteiger partial charge in [0, 0.05) is 17.6 Å². The lowest BCUT2D eigenvalue weighted by atomic mass is 9.68. The first kappa shape index (κ1) is 14.8. The molecule has 1 aromatic carbocycles. The van der Waals surface area contributed by atoms with E-state index in [9.17, 15) is 9.50 Å². The molecule has 0 heterocycles. The molecule has 2 nitrogen and oxygen atoms in total. The molecule has 4 unspecified atom stereocenters. The van der Waals surface area contributed by atoms with Gasteiger partial charge in [-0.1, -0.05) is 20.8 Å². The summed E-state index contributed by atoms with van der Waals surface area (Å²) in [6.07, 6.45) is 3.86. The molecule has 3 heteroatoms. The highest BCUT2D eigenvalue weighted by Gasteiger charge is 2.59. The van der Waals surface area contributed by atoms with Gasteiger partial charge in [0.25, 0.3) is 0 Å². The van der Waals surface area contributed by atoms with Gasteiger partial charge in [-0.2, -0.15) is 0 Å². The van der Waals surface area contributed by atoms with Crippen LogP contribution in [-0.2, 0) is 0 Å². The Hall–Kier alpha value is -1.09. The maximum Gasteiger partial charge on any atom is 0.123 e. The number of hydrogen-bond acceptors (Lipinski definition) is 2. The predicted molar refractivity (Wildman–Crippen MR) is 82.6 cm³/mol. The molecule has 21 heavy (non-hydrogen) atoms. The Morgan fingerprint density at radius 2 is 2.05 bits per heavy atom. The van der Waals surface area contributed by atoms with E-state index in [-0.39, 0.29) is 23.0 Å². The lowest BCUT2D eigenvalue weighted by Gasteiger charge is -2.44. The average molecular weight is 291 g/mol. The Morgan fingerprint density at radius 1 is 1.33 bits per heavy atom. The molecule has 2 fully saturated rings. The second kappa shape index (κ2) is 4.70. The van der Waals surface area contributed by atoms with Gasteiger partial charge in [0.1, 0.15) is 11.6 Å². The third-order valence-electron chi connectivity index (χ3n) is 6.14. The fraction of sp³-hybridized carbons (Fsp3) is 0.667. The fourth-order valence-electron chi connectivity index (χ4n) is 4.93. The molecule has 0 saturated heterocycles. The molecule has 0 aliphatic heterocycles. The molecule has 0 aromatic heterocycles. The van der Waals surface area contributed by atoms with E-state index < -0.39 is 0 Å². The van der Waals surface area contributed by atoms with Crippen molar-refractivity contribution in [1.82, 2.24) is 5.32 Å². The van der Waals surface area contributed by atoms with Crippen LogP contribution in [0.2, 0.25) is 0 Å². The van der Waals surface area contributed by atoms with E-state index in [1.807, 2.05) is 6.92 Å². The summed E-state index contributed by atoms with van der Waals surface area (Å²) in [5.74, 6) is 0.644. The Balaban J connectivity index is 1.84. The van der Waals surface area contributed by atoms with Gasteiger partial charge in [-0.05, 0) is 61.1 Å². The number of rotatable bonds is 3. The van der Waals surface area contributed by atoms with E-state index in [0.29, 0.717) is 17.0 Å². The largest absolute Gasteiger partial charge is 0.508 e. The van der Waals surface area contributed by atoms with Crippen LogP contribution in [0.15, 0.2) is 18.2 Å². The lowest BCUT2D eigenvalue weighted by Crippen LogP contribution is -2.51. The second-order valence-electron chi connectivity index (χ2n) is 7.94. The van der Waals surface area contributed by atoms with Crippen molar-refractivity contribution in [3.05, 3.63) is 29.6 Å². The molecule has 3 rings (SSSR count). The highest BCUT2D eigenvalue weighted by molar-refractivity contribution is 5.35. The van der Waals surface area contributed by atoms with Crippen LogP contribution in [0.1, 0.15) is 58.6 Å². The lowest BCUT2D eigenvalue weighted by molar-refractivity contribution is 0.0999. The minimum atomic E-state index is -0.296. The van der Waals surface area contributed by atoms with Gasteiger partial charge in [-0.15, -0.1) is 0 Å². The Kier molecular flexibility index (Phi) is 3.32. The number of phenolic OH excluding ortho intramolecular Hbond substituents is 1. The first-order chi connectivity index (χ1) is 9.74. The molecule has 1 aromatic rings. The topological polar surface area (TPSA) is 32.3 Å². The van der Waals surface area contributed by atoms with E-state index in [2.05, 4.69) is 26.1 Å². The van der Waals surface area contributed by atoms with Crippen molar-refractivity contribution >= 4 is 0 Å². The van der Waals surface area contributed by atoms with E-state index >= 15 is 0 Å². The van der Waals surface area contributed by atoms with Crippen LogP contribution < -0.4 is 5.32 Å². The summed E-state index contributed by atoms with van der Waals surface area (Å²) in [7, 11) is 0. The minimum Gasteiger partial charge on any atom is -0.508 e.